The van der Waals surface area contributed by atoms with Crippen LogP contribution in [-0.4, -0.2) is 17.9 Å². The van der Waals surface area contributed by atoms with Crippen molar-refractivity contribution in [2.24, 2.45) is 5.10 Å². The summed E-state index contributed by atoms with van der Waals surface area (Å²) in [6.07, 6.45) is 1.98. The third kappa shape index (κ3) is 3.26. The normalized spacial score (nSPS) is 14.5. The third-order valence-corrected chi connectivity index (χ3v) is 3.79. The lowest BCUT2D eigenvalue weighted by Crippen LogP contribution is -2.25. The highest BCUT2D eigenvalue weighted by Crippen LogP contribution is 2.21. The van der Waals surface area contributed by atoms with Gasteiger partial charge in [0, 0.05) is 11.3 Å². The Morgan fingerprint density at radius 1 is 1.09 bits per heavy atom. The van der Waals surface area contributed by atoms with Crippen molar-refractivity contribution in [1.29, 1.82) is 0 Å². The highest BCUT2D eigenvalue weighted by atomic mass is 32.1. The number of ether oxygens (including phenoxy) is 1. The van der Waals surface area contributed by atoms with Gasteiger partial charge in [-0.25, -0.2) is 0 Å². The van der Waals surface area contributed by atoms with Gasteiger partial charge in [0.2, 0.25) is 0 Å². The van der Waals surface area contributed by atoms with Crippen molar-refractivity contribution in [2.75, 3.05) is 12.4 Å². The van der Waals surface area contributed by atoms with E-state index in [1.54, 1.807) is 7.11 Å². The lowest BCUT2D eigenvalue weighted by Gasteiger charge is -2.08. The van der Waals surface area contributed by atoms with E-state index in [1.165, 1.54) is 11.1 Å². The molecule has 0 aromatic heterocycles. The van der Waals surface area contributed by atoms with E-state index in [0.29, 0.717) is 5.11 Å². The van der Waals surface area contributed by atoms with E-state index in [9.17, 15) is 0 Å². The van der Waals surface area contributed by atoms with Crippen molar-refractivity contribution >= 4 is 28.7 Å². The number of hydrogen-bond acceptors (Lipinski definition) is 3. The minimum Gasteiger partial charge on any atom is -0.497 e. The molecule has 0 atom stereocenters. The molecule has 0 radical (unpaired) electrons. The molecule has 22 heavy (non-hydrogen) atoms. The summed E-state index contributed by atoms with van der Waals surface area (Å²) in [6.45, 7) is 0. The van der Waals surface area contributed by atoms with E-state index in [2.05, 4.69) is 34.0 Å². The summed E-state index contributed by atoms with van der Waals surface area (Å²) in [5.74, 6) is 0.812. The first-order valence-electron chi connectivity index (χ1n) is 7.12. The maximum Gasteiger partial charge on any atom is 0.191 e. The van der Waals surface area contributed by atoms with E-state index in [-0.39, 0.29) is 0 Å². The third-order valence-electron chi connectivity index (χ3n) is 3.60. The Bertz CT molecular complexity index is 710. The second kappa shape index (κ2) is 6.58. The first kappa shape index (κ1) is 14.5. The molecule has 0 saturated carbocycles. The van der Waals surface area contributed by atoms with E-state index in [4.69, 9.17) is 17.0 Å². The van der Waals surface area contributed by atoms with Crippen molar-refractivity contribution in [3.63, 3.8) is 0 Å². The number of fused-ring (bicyclic) bond motifs is 1. The van der Waals surface area contributed by atoms with Crippen LogP contribution < -0.4 is 15.5 Å². The molecule has 0 heterocycles. The van der Waals surface area contributed by atoms with E-state index >= 15 is 0 Å². The van der Waals surface area contributed by atoms with Crippen LogP contribution in [0.2, 0.25) is 0 Å². The predicted molar refractivity (Wildman–Crippen MR) is 93.7 cm³/mol. The van der Waals surface area contributed by atoms with Crippen LogP contribution in [0.3, 0.4) is 0 Å². The van der Waals surface area contributed by atoms with Crippen molar-refractivity contribution in [3.05, 3.63) is 59.7 Å². The zero-order valence-electron chi connectivity index (χ0n) is 12.3. The van der Waals surface area contributed by atoms with Crippen LogP contribution in [0.1, 0.15) is 17.5 Å². The van der Waals surface area contributed by atoms with Crippen LogP contribution in [-0.2, 0) is 6.42 Å². The molecule has 5 heteroatoms. The Labute approximate surface area is 135 Å². The molecule has 0 fully saturated rings. The maximum atomic E-state index is 5.27. The quantitative estimate of drug-likeness (QED) is 0.674. The Hall–Kier alpha value is -2.40. The van der Waals surface area contributed by atoms with Gasteiger partial charge < -0.3 is 10.1 Å². The summed E-state index contributed by atoms with van der Waals surface area (Å²) >= 11 is 5.27. The number of rotatable bonds is 3. The smallest absolute Gasteiger partial charge is 0.191 e. The van der Waals surface area contributed by atoms with Gasteiger partial charge in [0.15, 0.2) is 5.11 Å². The molecule has 0 aliphatic heterocycles. The maximum absolute atomic E-state index is 5.27. The standard InChI is InChI=1S/C17H17N3OS/c1-21-14-9-7-13(8-10-14)18-17(22)20-19-16-11-6-12-4-2-3-5-15(12)16/h2-5,7-10H,6,11H2,1H3,(H2,18,20,22). The predicted octanol–water partition coefficient (Wildman–Crippen LogP) is 3.33. The second-order valence-electron chi connectivity index (χ2n) is 5.01. The number of aryl methyl sites for hydroxylation is 1. The van der Waals surface area contributed by atoms with Gasteiger partial charge in [-0.1, -0.05) is 24.3 Å². The van der Waals surface area contributed by atoms with Gasteiger partial charge in [0.1, 0.15) is 5.75 Å². The molecule has 0 saturated heterocycles. The summed E-state index contributed by atoms with van der Waals surface area (Å²) in [6, 6.07) is 15.9. The molecule has 4 nitrogen and oxygen atoms in total. The van der Waals surface area contributed by atoms with E-state index < -0.39 is 0 Å². The molecule has 1 aliphatic carbocycles. The molecular weight excluding hydrogens is 294 g/mol. The van der Waals surface area contributed by atoms with Gasteiger partial charge in [-0.2, -0.15) is 5.10 Å². The summed E-state index contributed by atoms with van der Waals surface area (Å²) < 4.78 is 5.12. The molecule has 2 aromatic carbocycles. The molecule has 1 aliphatic rings. The Morgan fingerprint density at radius 2 is 1.86 bits per heavy atom. The average Bonchev–Trinajstić information content (AvgIpc) is 2.97. The molecule has 0 spiro atoms. The van der Waals surface area contributed by atoms with Crippen molar-refractivity contribution in [2.45, 2.75) is 12.8 Å². The lowest BCUT2D eigenvalue weighted by atomic mass is 10.1. The average molecular weight is 311 g/mol. The van der Waals surface area contributed by atoms with Crippen LogP contribution in [0, 0.1) is 0 Å². The molecule has 0 unspecified atom stereocenters. The van der Waals surface area contributed by atoms with Crippen molar-refractivity contribution in [3.8, 4) is 5.75 Å². The first-order valence-corrected chi connectivity index (χ1v) is 7.53. The molecule has 2 N–H and O–H groups in total. The number of nitrogens with zero attached hydrogens (tertiary/aromatic N) is 1. The zero-order valence-corrected chi connectivity index (χ0v) is 13.1. The van der Waals surface area contributed by atoms with Crippen LogP contribution in [0.25, 0.3) is 0 Å². The summed E-state index contributed by atoms with van der Waals surface area (Å²) in [7, 11) is 1.64. The summed E-state index contributed by atoms with van der Waals surface area (Å²) in [5.41, 5.74) is 7.42. The minimum absolute atomic E-state index is 0.474. The molecule has 2 aromatic rings. The Kier molecular flexibility index (Phi) is 4.34. The van der Waals surface area contributed by atoms with Crippen LogP contribution in [0.4, 0.5) is 5.69 Å². The van der Waals surface area contributed by atoms with Gasteiger partial charge >= 0.3 is 0 Å². The number of anilines is 1. The fraction of sp³-hybridized carbons (Fsp3) is 0.176. The minimum atomic E-state index is 0.474. The summed E-state index contributed by atoms with van der Waals surface area (Å²) in [5, 5.41) is 8.01. The molecule has 112 valence electrons. The van der Waals surface area contributed by atoms with Gasteiger partial charge in [-0.15, -0.1) is 0 Å². The molecule has 3 rings (SSSR count). The molecule has 0 bridgehead atoms. The fourth-order valence-electron chi connectivity index (χ4n) is 2.48. The fourth-order valence-corrected chi connectivity index (χ4v) is 2.64. The van der Waals surface area contributed by atoms with Gasteiger partial charge in [-0.3, -0.25) is 5.43 Å². The zero-order chi connectivity index (χ0) is 15.4. The van der Waals surface area contributed by atoms with E-state index in [0.717, 1.165) is 30.0 Å². The SMILES string of the molecule is COc1ccc(NC(=S)NN=C2CCc3ccccc32)cc1. The number of nitrogens with one attached hydrogen (secondary N) is 2. The Balaban J connectivity index is 1.62. The first-order chi connectivity index (χ1) is 10.8. The molecule has 0 amide bonds. The van der Waals surface area contributed by atoms with Gasteiger partial charge in [0.25, 0.3) is 0 Å². The number of hydrazone groups is 1. The monoisotopic (exact) mass is 311 g/mol. The van der Waals surface area contributed by atoms with Crippen LogP contribution in [0.5, 0.6) is 5.75 Å². The highest BCUT2D eigenvalue weighted by molar-refractivity contribution is 7.80. The van der Waals surface area contributed by atoms with Crippen LogP contribution in [0.15, 0.2) is 53.6 Å². The van der Waals surface area contributed by atoms with Gasteiger partial charge in [-0.05, 0) is 54.9 Å². The Morgan fingerprint density at radius 3 is 2.64 bits per heavy atom. The number of hydrogen-bond donors (Lipinski definition) is 2. The highest BCUT2D eigenvalue weighted by Gasteiger charge is 2.16. The van der Waals surface area contributed by atoms with Crippen LogP contribution >= 0.6 is 12.2 Å². The topological polar surface area (TPSA) is 45.6 Å². The number of thiocarbonyl (C=S) groups is 1. The number of benzene rings is 2. The lowest BCUT2D eigenvalue weighted by molar-refractivity contribution is 0.415. The van der Waals surface area contributed by atoms with Gasteiger partial charge in [0.05, 0.1) is 12.8 Å². The van der Waals surface area contributed by atoms with Crippen molar-refractivity contribution in [1.82, 2.24) is 5.43 Å². The second-order valence-corrected chi connectivity index (χ2v) is 5.42. The largest absolute Gasteiger partial charge is 0.497 e. The molecular formula is C17H17N3OS. The van der Waals surface area contributed by atoms with E-state index in [1.807, 2.05) is 30.3 Å². The van der Waals surface area contributed by atoms with Crippen molar-refractivity contribution < 1.29 is 4.74 Å². The summed E-state index contributed by atoms with van der Waals surface area (Å²) in [4.78, 5) is 0. The number of methoxy groups -OCH3 is 1.